The van der Waals surface area contributed by atoms with Crippen LogP contribution in [0.5, 0.6) is 0 Å². The molecule has 1 saturated carbocycles. The molecular weight excluding hydrogens is 361 g/mol. The number of rotatable bonds is 5. The number of carboxylic acids is 1. The second-order valence-corrected chi connectivity index (χ2v) is 7.64. The molecule has 146 valence electrons. The van der Waals surface area contributed by atoms with Gasteiger partial charge < -0.3 is 14.9 Å². The Balaban J connectivity index is 1.67. The first-order valence-corrected chi connectivity index (χ1v) is 9.05. The minimum atomic E-state index is -4.60. The van der Waals surface area contributed by atoms with Crippen LogP contribution < -0.4 is 9.80 Å². The van der Waals surface area contributed by atoms with Crippen LogP contribution in [0.2, 0.25) is 0 Å². The van der Waals surface area contributed by atoms with E-state index in [2.05, 4.69) is 16.5 Å². The molecule has 0 aromatic carbocycles. The predicted molar refractivity (Wildman–Crippen MR) is 93.5 cm³/mol. The highest BCUT2D eigenvalue weighted by molar-refractivity contribution is 5.70. The molecule has 9 heteroatoms. The maximum atomic E-state index is 13.6. The fraction of sp³-hybridized carbons (Fsp3) is 0.611. The molecule has 3 fully saturated rings. The molecule has 3 heterocycles. The number of aromatic nitrogens is 2. The Hall–Kier alpha value is -2.32. The molecule has 0 spiro atoms. The third kappa shape index (κ3) is 3.02. The molecule has 0 bridgehead atoms. The van der Waals surface area contributed by atoms with E-state index in [9.17, 15) is 18.0 Å². The monoisotopic (exact) mass is 382 g/mol. The predicted octanol–water partition coefficient (Wildman–Crippen LogP) is 2.89. The molecule has 3 aliphatic rings. The van der Waals surface area contributed by atoms with E-state index in [0.717, 1.165) is 6.42 Å². The molecule has 4 rings (SSSR count). The number of fused-ring (bicyclic) bond motifs is 1. The lowest BCUT2D eigenvalue weighted by molar-refractivity contribution is -0.141. The van der Waals surface area contributed by atoms with E-state index in [1.54, 1.807) is 4.90 Å². The van der Waals surface area contributed by atoms with Crippen LogP contribution in [0, 0.1) is 17.8 Å². The zero-order chi connectivity index (χ0) is 19.5. The summed E-state index contributed by atoms with van der Waals surface area (Å²) in [7, 11) is 0. The molecule has 1 aromatic heterocycles. The number of nitrogens with zero attached hydrogens (tertiary/aromatic N) is 4. The third-order valence-electron chi connectivity index (χ3n) is 6.04. The lowest BCUT2D eigenvalue weighted by atomic mass is 10.1. The van der Waals surface area contributed by atoms with E-state index < -0.39 is 17.8 Å². The summed E-state index contributed by atoms with van der Waals surface area (Å²) in [6, 6.07) is 0.112. The molecule has 1 aromatic rings. The first kappa shape index (κ1) is 18.1. The van der Waals surface area contributed by atoms with Crippen molar-refractivity contribution in [3.8, 4) is 0 Å². The van der Waals surface area contributed by atoms with Crippen molar-refractivity contribution in [1.82, 2.24) is 9.97 Å². The molecule has 1 N–H and O–H groups in total. The van der Waals surface area contributed by atoms with E-state index >= 15 is 0 Å². The highest BCUT2D eigenvalue weighted by Gasteiger charge is 2.56. The minimum absolute atomic E-state index is 0.101. The van der Waals surface area contributed by atoms with E-state index in [1.165, 1.54) is 6.08 Å². The van der Waals surface area contributed by atoms with Crippen molar-refractivity contribution in [2.75, 3.05) is 29.4 Å². The van der Waals surface area contributed by atoms with Crippen LogP contribution in [0.15, 0.2) is 6.58 Å². The Morgan fingerprint density at radius 3 is 2.44 bits per heavy atom. The number of carboxylic acid groups (broad SMARTS) is 1. The molecule has 27 heavy (non-hydrogen) atoms. The van der Waals surface area contributed by atoms with Gasteiger partial charge in [-0.05, 0) is 31.1 Å². The smallest absolute Gasteiger partial charge is 0.434 e. The molecule has 6 nitrogen and oxygen atoms in total. The van der Waals surface area contributed by atoms with Crippen molar-refractivity contribution in [3.05, 3.63) is 17.8 Å². The van der Waals surface area contributed by atoms with Crippen molar-refractivity contribution in [1.29, 1.82) is 0 Å². The largest absolute Gasteiger partial charge is 0.481 e. The Morgan fingerprint density at radius 1 is 1.33 bits per heavy atom. The van der Waals surface area contributed by atoms with Crippen molar-refractivity contribution in [3.63, 3.8) is 0 Å². The number of piperidine rings is 1. The fourth-order valence-electron chi connectivity index (χ4n) is 4.36. The van der Waals surface area contributed by atoms with E-state index in [4.69, 9.17) is 5.11 Å². The third-order valence-corrected chi connectivity index (χ3v) is 6.04. The van der Waals surface area contributed by atoms with Gasteiger partial charge >= 0.3 is 12.1 Å². The van der Waals surface area contributed by atoms with Crippen molar-refractivity contribution in [2.45, 2.75) is 32.0 Å². The molecule has 1 aliphatic carbocycles. The fourth-order valence-corrected chi connectivity index (χ4v) is 4.36. The number of aliphatic carboxylic acids is 1. The average Bonchev–Trinajstić information content (AvgIpc) is 3.02. The first-order chi connectivity index (χ1) is 12.7. The Labute approximate surface area is 154 Å². The lowest BCUT2D eigenvalue weighted by Crippen LogP contribution is -2.47. The van der Waals surface area contributed by atoms with Crippen molar-refractivity contribution < 1.29 is 23.1 Å². The average molecular weight is 382 g/mol. The maximum absolute atomic E-state index is 13.6. The Kier molecular flexibility index (Phi) is 4.08. The summed E-state index contributed by atoms with van der Waals surface area (Å²) < 4.78 is 40.8. The summed E-state index contributed by atoms with van der Waals surface area (Å²) in [5.41, 5.74) is -1.06. The number of carbonyl (C=O) groups is 1. The first-order valence-electron chi connectivity index (χ1n) is 9.05. The van der Waals surface area contributed by atoms with Gasteiger partial charge in [-0.25, -0.2) is 4.98 Å². The van der Waals surface area contributed by atoms with E-state index in [-0.39, 0.29) is 47.5 Å². The van der Waals surface area contributed by atoms with Crippen LogP contribution in [0.25, 0.3) is 6.08 Å². The second-order valence-electron chi connectivity index (χ2n) is 7.64. The molecule has 0 amide bonds. The summed E-state index contributed by atoms with van der Waals surface area (Å²) in [6.07, 6.45) is -2.42. The highest BCUT2D eigenvalue weighted by atomic mass is 19.4. The normalized spacial score (nSPS) is 29.3. The number of hydrogen-bond acceptors (Lipinski definition) is 5. The van der Waals surface area contributed by atoms with Crippen LogP contribution in [-0.4, -0.2) is 46.7 Å². The van der Waals surface area contributed by atoms with Gasteiger partial charge in [0.1, 0.15) is 5.82 Å². The second kappa shape index (κ2) is 6.10. The van der Waals surface area contributed by atoms with Gasteiger partial charge in [-0.15, -0.1) is 0 Å². The zero-order valence-electron chi connectivity index (χ0n) is 14.9. The van der Waals surface area contributed by atoms with Gasteiger partial charge in [-0.1, -0.05) is 12.7 Å². The summed E-state index contributed by atoms with van der Waals surface area (Å²) >= 11 is 0. The Morgan fingerprint density at radius 2 is 2.00 bits per heavy atom. The van der Waals surface area contributed by atoms with Crippen LogP contribution in [0.1, 0.15) is 31.0 Å². The molecule has 0 radical (unpaired) electrons. The lowest BCUT2D eigenvalue weighted by Gasteiger charge is -2.39. The van der Waals surface area contributed by atoms with Crippen LogP contribution in [0.3, 0.4) is 0 Å². The summed E-state index contributed by atoms with van der Waals surface area (Å²) in [4.78, 5) is 22.8. The van der Waals surface area contributed by atoms with E-state index in [1.807, 2.05) is 11.8 Å². The van der Waals surface area contributed by atoms with Gasteiger partial charge in [-0.3, -0.25) is 4.79 Å². The van der Waals surface area contributed by atoms with Crippen LogP contribution in [-0.2, 0) is 11.0 Å². The SMILES string of the molecule is C=Cc1c(N2C[C@@H]3C(CC(=O)O)[C@@H]3C2)nc(N2CC[C@@H]2C)nc1C(F)(F)F. The number of hydrogen-bond donors (Lipinski definition) is 1. The molecule has 4 atom stereocenters. The van der Waals surface area contributed by atoms with Gasteiger partial charge in [0.15, 0.2) is 5.69 Å². The highest BCUT2D eigenvalue weighted by Crippen LogP contribution is 2.54. The van der Waals surface area contributed by atoms with Gasteiger partial charge in [0, 0.05) is 37.7 Å². The summed E-state index contributed by atoms with van der Waals surface area (Å²) in [5, 5.41) is 8.95. The topological polar surface area (TPSA) is 69.6 Å². The van der Waals surface area contributed by atoms with Gasteiger partial charge in [0.25, 0.3) is 0 Å². The van der Waals surface area contributed by atoms with Crippen LogP contribution >= 0.6 is 0 Å². The molecular formula is C18H21F3N4O2. The number of halogens is 3. The Bertz CT molecular complexity index is 786. The molecule has 2 saturated heterocycles. The van der Waals surface area contributed by atoms with Crippen molar-refractivity contribution in [2.24, 2.45) is 17.8 Å². The molecule has 2 aliphatic heterocycles. The summed E-state index contributed by atoms with van der Waals surface area (Å²) in [6.45, 7) is 7.16. The summed E-state index contributed by atoms with van der Waals surface area (Å²) in [5.74, 6) is 0.0452. The standard InChI is InChI=1S/C18H21F3N4O2/c1-3-10-15(18(19,20)21)22-17(25-5-4-9(25)2)23-16(10)24-7-12-11(6-14(26)27)13(12)8-24/h3,9,11-13H,1,4-8H2,2H3,(H,26,27)/t9-,11?,12-,13+/m0/s1. The molecule has 1 unspecified atom stereocenters. The van der Waals surface area contributed by atoms with Crippen molar-refractivity contribution >= 4 is 23.8 Å². The number of anilines is 2. The zero-order valence-corrected chi connectivity index (χ0v) is 14.9. The maximum Gasteiger partial charge on any atom is 0.434 e. The minimum Gasteiger partial charge on any atom is -0.481 e. The van der Waals surface area contributed by atoms with Gasteiger partial charge in [0.05, 0.1) is 0 Å². The van der Waals surface area contributed by atoms with Gasteiger partial charge in [-0.2, -0.15) is 18.2 Å². The number of alkyl halides is 3. The van der Waals surface area contributed by atoms with Crippen LogP contribution in [0.4, 0.5) is 24.9 Å². The van der Waals surface area contributed by atoms with Gasteiger partial charge in [0.2, 0.25) is 5.95 Å². The quantitative estimate of drug-likeness (QED) is 0.845. The van der Waals surface area contributed by atoms with E-state index in [0.29, 0.717) is 19.6 Å².